The smallest absolute Gasteiger partial charge is 0.224 e. The van der Waals surface area contributed by atoms with Crippen molar-refractivity contribution in [1.82, 2.24) is 4.90 Å². The highest BCUT2D eigenvalue weighted by molar-refractivity contribution is 5.77. The molecule has 1 rings (SSSR count). The number of hydrogen-bond donors (Lipinski definition) is 0. The molecular weight excluding hydrogens is 154 g/mol. The Morgan fingerprint density at radius 2 is 2.42 bits per heavy atom. The summed E-state index contributed by atoms with van der Waals surface area (Å²) < 4.78 is 5.33. The number of carbonyl (C=O) groups is 1. The fourth-order valence-electron chi connectivity index (χ4n) is 1.26. The number of hydrogen-bond acceptors (Lipinski definition) is 2. The summed E-state index contributed by atoms with van der Waals surface area (Å²) in [6.45, 7) is 4.29. The Kier molecular flexibility index (Phi) is 4.08. The second kappa shape index (κ2) is 5.14. The van der Waals surface area contributed by atoms with Crippen molar-refractivity contribution in [3.63, 3.8) is 0 Å². The Morgan fingerprint density at radius 3 is 3.00 bits per heavy atom. The molecule has 0 aromatic heterocycles. The number of amides is 1. The molecule has 0 aromatic rings. The van der Waals surface area contributed by atoms with E-state index >= 15 is 0 Å². The summed E-state index contributed by atoms with van der Waals surface area (Å²) >= 11 is 0. The maximum absolute atomic E-state index is 11.1. The fourth-order valence-corrected chi connectivity index (χ4v) is 1.26. The van der Waals surface area contributed by atoms with Crippen molar-refractivity contribution in [2.75, 3.05) is 19.9 Å². The van der Waals surface area contributed by atoms with Crippen LogP contribution in [-0.4, -0.2) is 30.7 Å². The monoisotopic (exact) mass is 171 g/mol. The first-order valence-corrected chi connectivity index (χ1v) is 4.70. The molecule has 0 atom stereocenters. The van der Waals surface area contributed by atoms with E-state index in [-0.39, 0.29) is 5.91 Å². The minimum atomic E-state index is 0.242. The third kappa shape index (κ3) is 2.81. The number of ether oxygens (including phenoxy) is 1. The van der Waals surface area contributed by atoms with Crippen LogP contribution in [0.5, 0.6) is 0 Å². The fraction of sp³-hybridized carbons (Fsp3) is 0.889. The van der Waals surface area contributed by atoms with Gasteiger partial charge in [0.15, 0.2) is 0 Å². The van der Waals surface area contributed by atoms with Gasteiger partial charge in [0.05, 0.1) is 0 Å². The molecule has 3 nitrogen and oxygen atoms in total. The van der Waals surface area contributed by atoms with Crippen LogP contribution in [0.15, 0.2) is 0 Å². The average Bonchev–Trinajstić information content (AvgIpc) is 2.46. The van der Waals surface area contributed by atoms with Crippen molar-refractivity contribution in [1.29, 1.82) is 0 Å². The van der Waals surface area contributed by atoms with Crippen molar-refractivity contribution in [2.24, 2.45) is 0 Å². The van der Waals surface area contributed by atoms with Crippen LogP contribution in [0, 0.1) is 0 Å². The summed E-state index contributed by atoms with van der Waals surface area (Å²) in [5, 5.41) is 0. The standard InChI is InChI=1S/C9H17NO2/c1-2-3-7-12-8-10-6-4-5-9(10)11/h2-8H2,1H3. The molecule has 1 amide bonds. The molecule has 0 radical (unpaired) electrons. The minimum absolute atomic E-state index is 0.242. The third-order valence-corrected chi connectivity index (χ3v) is 2.06. The molecule has 0 unspecified atom stereocenters. The molecule has 0 N–H and O–H groups in total. The van der Waals surface area contributed by atoms with E-state index in [1.165, 1.54) is 0 Å². The number of unbranched alkanes of at least 4 members (excludes halogenated alkanes) is 1. The van der Waals surface area contributed by atoms with Crippen LogP contribution >= 0.6 is 0 Å². The quantitative estimate of drug-likeness (QED) is 0.585. The van der Waals surface area contributed by atoms with Crippen molar-refractivity contribution < 1.29 is 9.53 Å². The van der Waals surface area contributed by atoms with Gasteiger partial charge in [-0.25, -0.2) is 0 Å². The Balaban J connectivity index is 2.02. The van der Waals surface area contributed by atoms with Crippen molar-refractivity contribution >= 4 is 5.91 Å². The van der Waals surface area contributed by atoms with Gasteiger partial charge in [-0.2, -0.15) is 0 Å². The van der Waals surface area contributed by atoms with Crippen molar-refractivity contribution in [3.8, 4) is 0 Å². The maximum atomic E-state index is 11.1. The lowest BCUT2D eigenvalue weighted by molar-refractivity contribution is -0.132. The Bertz CT molecular complexity index is 147. The molecule has 1 aliphatic rings. The highest BCUT2D eigenvalue weighted by Crippen LogP contribution is 2.08. The van der Waals surface area contributed by atoms with Gasteiger partial charge in [-0.3, -0.25) is 4.79 Å². The number of likely N-dealkylation sites (tertiary alicyclic amines) is 1. The topological polar surface area (TPSA) is 29.5 Å². The predicted octanol–water partition coefficient (Wildman–Crippen LogP) is 1.38. The molecule has 1 aliphatic heterocycles. The molecule has 1 fully saturated rings. The second-order valence-corrected chi connectivity index (χ2v) is 3.15. The molecule has 0 saturated carbocycles. The minimum Gasteiger partial charge on any atom is -0.361 e. The van der Waals surface area contributed by atoms with Gasteiger partial charge in [0, 0.05) is 19.6 Å². The van der Waals surface area contributed by atoms with Gasteiger partial charge in [0.25, 0.3) is 0 Å². The van der Waals surface area contributed by atoms with E-state index in [1.807, 2.05) is 0 Å². The summed E-state index contributed by atoms with van der Waals surface area (Å²) in [7, 11) is 0. The van der Waals surface area contributed by atoms with E-state index in [0.717, 1.165) is 32.4 Å². The molecule has 1 saturated heterocycles. The van der Waals surface area contributed by atoms with Crippen LogP contribution in [0.3, 0.4) is 0 Å². The summed E-state index contributed by atoms with van der Waals surface area (Å²) in [5.74, 6) is 0.242. The van der Waals surface area contributed by atoms with Gasteiger partial charge in [0.1, 0.15) is 6.73 Å². The molecule has 0 bridgehead atoms. The zero-order valence-corrected chi connectivity index (χ0v) is 7.71. The lowest BCUT2D eigenvalue weighted by atomic mass is 10.4. The SMILES string of the molecule is CCCCOCN1CCCC1=O. The van der Waals surface area contributed by atoms with Crippen LogP contribution in [0.2, 0.25) is 0 Å². The van der Waals surface area contributed by atoms with Crippen LogP contribution in [0.1, 0.15) is 32.6 Å². The Hall–Kier alpha value is -0.570. The summed E-state index contributed by atoms with van der Waals surface area (Å²) in [4.78, 5) is 12.9. The number of rotatable bonds is 5. The van der Waals surface area contributed by atoms with E-state index in [1.54, 1.807) is 4.90 Å². The van der Waals surface area contributed by atoms with Crippen LogP contribution in [-0.2, 0) is 9.53 Å². The predicted molar refractivity (Wildman–Crippen MR) is 46.7 cm³/mol. The molecule has 70 valence electrons. The highest BCUT2D eigenvalue weighted by Gasteiger charge is 2.19. The second-order valence-electron chi connectivity index (χ2n) is 3.15. The Labute approximate surface area is 73.7 Å². The molecule has 3 heteroatoms. The van der Waals surface area contributed by atoms with Gasteiger partial charge in [0.2, 0.25) is 5.91 Å². The molecule has 0 aliphatic carbocycles. The molecule has 12 heavy (non-hydrogen) atoms. The largest absolute Gasteiger partial charge is 0.361 e. The first-order valence-electron chi connectivity index (χ1n) is 4.70. The van der Waals surface area contributed by atoms with Gasteiger partial charge < -0.3 is 9.64 Å². The van der Waals surface area contributed by atoms with E-state index in [0.29, 0.717) is 13.2 Å². The molecule has 1 heterocycles. The first-order chi connectivity index (χ1) is 5.84. The number of nitrogens with zero attached hydrogens (tertiary/aromatic N) is 1. The van der Waals surface area contributed by atoms with Crippen LogP contribution < -0.4 is 0 Å². The van der Waals surface area contributed by atoms with Crippen molar-refractivity contribution in [2.45, 2.75) is 32.6 Å². The van der Waals surface area contributed by atoms with E-state index in [4.69, 9.17) is 4.74 Å². The van der Waals surface area contributed by atoms with E-state index in [2.05, 4.69) is 6.92 Å². The first kappa shape index (κ1) is 9.52. The van der Waals surface area contributed by atoms with Crippen molar-refractivity contribution in [3.05, 3.63) is 0 Å². The zero-order valence-electron chi connectivity index (χ0n) is 7.71. The zero-order chi connectivity index (χ0) is 8.81. The maximum Gasteiger partial charge on any atom is 0.224 e. The summed E-state index contributed by atoms with van der Waals surface area (Å²) in [5.41, 5.74) is 0. The van der Waals surface area contributed by atoms with Crippen LogP contribution in [0.25, 0.3) is 0 Å². The lowest BCUT2D eigenvalue weighted by Crippen LogP contribution is -2.27. The number of carbonyl (C=O) groups excluding carboxylic acids is 1. The van der Waals surface area contributed by atoms with Crippen LogP contribution in [0.4, 0.5) is 0 Å². The molecule has 0 spiro atoms. The average molecular weight is 171 g/mol. The lowest BCUT2D eigenvalue weighted by Gasteiger charge is -2.14. The van der Waals surface area contributed by atoms with Gasteiger partial charge >= 0.3 is 0 Å². The Morgan fingerprint density at radius 1 is 1.58 bits per heavy atom. The summed E-state index contributed by atoms with van der Waals surface area (Å²) in [6.07, 6.45) is 3.93. The van der Waals surface area contributed by atoms with Gasteiger partial charge in [-0.15, -0.1) is 0 Å². The summed E-state index contributed by atoms with van der Waals surface area (Å²) in [6, 6.07) is 0. The third-order valence-electron chi connectivity index (χ3n) is 2.06. The normalized spacial score (nSPS) is 17.4. The van der Waals surface area contributed by atoms with Gasteiger partial charge in [-0.1, -0.05) is 13.3 Å². The highest BCUT2D eigenvalue weighted by atomic mass is 16.5. The molecular formula is C9H17NO2. The van der Waals surface area contributed by atoms with E-state index in [9.17, 15) is 4.79 Å². The van der Waals surface area contributed by atoms with E-state index < -0.39 is 0 Å². The van der Waals surface area contributed by atoms with Gasteiger partial charge in [-0.05, 0) is 12.8 Å². The molecule has 0 aromatic carbocycles.